The van der Waals surface area contributed by atoms with Crippen molar-refractivity contribution in [3.8, 4) is 11.8 Å². The third kappa shape index (κ3) is 6.25. The van der Waals surface area contributed by atoms with Gasteiger partial charge in [0.15, 0.2) is 0 Å². The van der Waals surface area contributed by atoms with Crippen molar-refractivity contribution in [1.29, 1.82) is 0 Å². The standard InChI is InChI=1S/C14H15BrFNO2/c1-14(2,3)19-13(18)17-8-4-5-10-6-7-12(16)11(15)9-10/h6-7,9H,8H2,1-3H3,(H,17,18). The Morgan fingerprint density at radius 2 is 2.16 bits per heavy atom. The first-order valence-electron chi connectivity index (χ1n) is 5.69. The van der Waals surface area contributed by atoms with E-state index in [2.05, 4.69) is 33.1 Å². The number of rotatable bonds is 1. The number of alkyl carbamates (subject to hydrolysis) is 1. The first kappa shape index (κ1) is 15.5. The van der Waals surface area contributed by atoms with Gasteiger partial charge in [-0.15, -0.1) is 0 Å². The monoisotopic (exact) mass is 327 g/mol. The van der Waals surface area contributed by atoms with Crippen LogP contribution >= 0.6 is 15.9 Å². The second-order valence-corrected chi connectivity index (χ2v) is 5.64. The molecule has 3 nitrogen and oxygen atoms in total. The molecule has 1 amide bonds. The van der Waals surface area contributed by atoms with E-state index >= 15 is 0 Å². The Bertz CT molecular complexity index is 526. The summed E-state index contributed by atoms with van der Waals surface area (Å²) < 4.78 is 18.4. The Morgan fingerprint density at radius 1 is 1.47 bits per heavy atom. The first-order valence-corrected chi connectivity index (χ1v) is 6.48. The first-order chi connectivity index (χ1) is 8.78. The Kier molecular flexibility index (Phi) is 5.37. The number of halogens is 2. The number of nitrogens with one attached hydrogen (secondary N) is 1. The van der Waals surface area contributed by atoms with E-state index in [1.165, 1.54) is 6.07 Å². The average molecular weight is 328 g/mol. The average Bonchev–Trinajstić information content (AvgIpc) is 2.27. The maximum Gasteiger partial charge on any atom is 0.408 e. The van der Waals surface area contributed by atoms with Crippen molar-refractivity contribution < 1.29 is 13.9 Å². The zero-order chi connectivity index (χ0) is 14.5. The summed E-state index contributed by atoms with van der Waals surface area (Å²) in [5.74, 6) is 5.24. The van der Waals surface area contributed by atoms with Crippen molar-refractivity contribution >= 4 is 22.0 Å². The molecular weight excluding hydrogens is 313 g/mol. The molecule has 0 spiro atoms. The Labute approximate surface area is 120 Å². The van der Waals surface area contributed by atoms with E-state index in [1.54, 1.807) is 32.9 Å². The molecule has 0 radical (unpaired) electrons. The minimum atomic E-state index is -0.528. The van der Waals surface area contributed by atoms with Crippen molar-refractivity contribution in [2.24, 2.45) is 0 Å². The van der Waals surface area contributed by atoms with Gasteiger partial charge in [-0.25, -0.2) is 9.18 Å². The molecule has 5 heteroatoms. The van der Waals surface area contributed by atoms with Gasteiger partial charge in [0.1, 0.15) is 11.4 Å². The molecule has 1 rings (SSSR count). The molecule has 0 atom stereocenters. The quantitative estimate of drug-likeness (QED) is 0.802. The minimum absolute atomic E-state index is 0.171. The predicted molar refractivity (Wildman–Crippen MR) is 75.2 cm³/mol. The van der Waals surface area contributed by atoms with E-state index in [0.717, 1.165) is 0 Å². The molecule has 1 N–H and O–H groups in total. The lowest BCUT2D eigenvalue weighted by Crippen LogP contribution is -2.32. The molecule has 0 fully saturated rings. The lowest BCUT2D eigenvalue weighted by atomic mass is 10.2. The fourth-order valence-corrected chi connectivity index (χ4v) is 1.53. The molecule has 1 aromatic carbocycles. The SMILES string of the molecule is CC(C)(C)OC(=O)NCC#Cc1ccc(F)c(Br)c1. The number of hydrogen-bond donors (Lipinski definition) is 1. The third-order valence-electron chi connectivity index (χ3n) is 1.87. The molecule has 0 heterocycles. The molecule has 0 aliphatic rings. The molecular formula is C14H15BrFNO2. The lowest BCUT2D eigenvalue weighted by molar-refractivity contribution is 0.0535. The number of amides is 1. The number of carbonyl (C=O) groups excluding carboxylic acids is 1. The lowest BCUT2D eigenvalue weighted by Gasteiger charge is -2.18. The van der Waals surface area contributed by atoms with Crippen LogP contribution in [0.2, 0.25) is 0 Å². The van der Waals surface area contributed by atoms with Crippen LogP contribution in [0.25, 0.3) is 0 Å². The molecule has 102 valence electrons. The molecule has 19 heavy (non-hydrogen) atoms. The highest BCUT2D eigenvalue weighted by atomic mass is 79.9. The van der Waals surface area contributed by atoms with Gasteiger partial charge < -0.3 is 10.1 Å². The van der Waals surface area contributed by atoms with Gasteiger partial charge in [-0.1, -0.05) is 11.8 Å². The zero-order valence-electron chi connectivity index (χ0n) is 11.0. The summed E-state index contributed by atoms with van der Waals surface area (Å²) in [5, 5.41) is 2.51. The topological polar surface area (TPSA) is 38.3 Å². The fourth-order valence-electron chi connectivity index (χ4n) is 1.15. The second kappa shape index (κ2) is 6.58. The van der Waals surface area contributed by atoms with E-state index < -0.39 is 11.7 Å². The highest BCUT2D eigenvalue weighted by Gasteiger charge is 2.14. The molecule has 0 aromatic heterocycles. The molecule has 0 aliphatic heterocycles. The molecule has 0 aliphatic carbocycles. The summed E-state index contributed by atoms with van der Waals surface area (Å²) in [4.78, 5) is 11.3. The van der Waals surface area contributed by atoms with E-state index in [4.69, 9.17) is 4.74 Å². The van der Waals surface area contributed by atoms with Crippen LogP contribution in [0, 0.1) is 17.7 Å². The van der Waals surface area contributed by atoms with Crippen molar-refractivity contribution in [3.05, 3.63) is 34.1 Å². The normalized spacial score (nSPS) is 10.4. The Morgan fingerprint density at radius 3 is 2.74 bits per heavy atom. The smallest absolute Gasteiger partial charge is 0.408 e. The molecule has 1 aromatic rings. The maximum atomic E-state index is 13.0. The van der Waals surface area contributed by atoms with E-state index in [0.29, 0.717) is 10.0 Å². The highest BCUT2D eigenvalue weighted by molar-refractivity contribution is 9.10. The summed E-state index contributed by atoms with van der Waals surface area (Å²) in [5.41, 5.74) is 0.138. The molecule has 0 bridgehead atoms. The van der Waals surface area contributed by atoms with Gasteiger partial charge in [0.25, 0.3) is 0 Å². The highest BCUT2D eigenvalue weighted by Crippen LogP contribution is 2.15. The number of carbonyl (C=O) groups is 1. The molecule has 0 unspecified atom stereocenters. The zero-order valence-corrected chi connectivity index (χ0v) is 12.6. The van der Waals surface area contributed by atoms with Gasteiger partial charge in [0.2, 0.25) is 0 Å². The predicted octanol–water partition coefficient (Wildman–Crippen LogP) is 3.46. The Hall–Kier alpha value is -1.54. The summed E-state index contributed by atoms with van der Waals surface area (Å²) in [6.07, 6.45) is -0.512. The van der Waals surface area contributed by atoms with Crippen LogP contribution in [0.5, 0.6) is 0 Å². The number of ether oxygens (including phenoxy) is 1. The number of benzene rings is 1. The van der Waals surface area contributed by atoms with E-state index in [9.17, 15) is 9.18 Å². The van der Waals surface area contributed by atoms with Gasteiger partial charge >= 0.3 is 6.09 Å². The van der Waals surface area contributed by atoms with Crippen molar-refractivity contribution in [2.45, 2.75) is 26.4 Å². The van der Waals surface area contributed by atoms with Crippen LogP contribution in [-0.4, -0.2) is 18.2 Å². The summed E-state index contributed by atoms with van der Waals surface area (Å²) in [6.45, 7) is 5.53. The summed E-state index contributed by atoms with van der Waals surface area (Å²) in [6, 6.07) is 4.48. The van der Waals surface area contributed by atoms with E-state index in [1.807, 2.05) is 0 Å². The maximum absolute atomic E-state index is 13.0. The minimum Gasteiger partial charge on any atom is -0.444 e. The number of hydrogen-bond acceptors (Lipinski definition) is 2. The van der Waals surface area contributed by atoms with Gasteiger partial charge in [-0.05, 0) is 54.9 Å². The van der Waals surface area contributed by atoms with Gasteiger partial charge in [-0.3, -0.25) is 0 Å². The van der Waals surface area contributed by atoms with Crippen molar-refractivity contribution in [3.63, 3.8) is 0 Å². The largest absolute Gasteiger partial charge is 0.444 e. The van der Waals surface area contributed by atoms with Crippen LogP contribution in [0.4, 0.5) is 9.18 Å². The van der Waals surface area contributed by atoms with Gasteiger partial charge in [-0.2, -0.15) is 0 Å². The van der Waals surface area contributed by atoms with Crippen LogP contribution < -0.4 is 5.32 Å². The van der Waals surface area contributed by atoms with Gasteiger partial charge in [0.05, 0.1) is 11.0 Å². The van der Waals surface area contributed by atoms with E-state index in [-0.39, 0.29) is 12.4 Å². The third-order valence-corrected chi connectivity index (χ3v) is 2.48. The van der Waals surface area contributed by atoms with Crippen molar-refractivity contribution in [2.75, 3.05) is 6.54 Å². The Balaban J connectivity index is 2.47. The second-order valence-electron chi connectivity index (χ2n) is 4.79. The molecule has 0 saturated heterocycles. The van der Waals surface area contributed by atoms with Crippen LogP contribution in [0.1, 0.15) is 26.3 Å². The summed E-state index contributed by atoms with van der Waals surface area (Å²) in [7, 11) is 0. The van der Waals surface area contributed by atoms with Crippen molar-refractivity contribution in [1.82, 2.24) is 5.32 Å². The van der Waals surface area contributed by atoms with Crippen LogP contribution in [-0.2, 0) is 4.74 Å². The fraction of sp³-hybridized carbons (Fsp3) is 0.357. The molecule has 0 saturated carbocycles. The van der Waals surface area contributed by atoms with Crippen LogP contribution in [0.15, 0.2) is 22.7 Å². The van der Waals surface area contributed by atoms with Gasteiger partial charge in [0, 0.05) is 5.56 Å². The summed E-state index contributed by atoms with van der Waals surface area (Å²) >= 11 is 3.08. The van der Waals surface area contributed by atoms with Crippen LogP contribution in [0.3, 0.4) is 0 Å².